The summed E-state index contributed by atoms with van der Waals surface area (Å²) in [5.41, 5.74) is 1.01. The van der Waals surface area contributed by atoms with Crippen LogP contribution in [0.2, 0.25) is 0 Å². The van der Waals surface area contributed by atoms with Crippen LogP contribution >= 0.6 is 0 Å². The molecule has 2 N–H and O–H groups in total. The Labute approximate surface area is 126 Å². The van der Waals surface area contributed by atoms with Crippen LogP contribution in [0.15, 0.2) is 30.3 Å². The van der Waals surface area contributed by atoms with Crippen molar-refractivity contribution in [2.45, 2.75) is 38.1 Å². The molecule has 3 heteroatoms. The Morgan fingerprint density at radius 1 is 1.05 bits per heavy atom. The summed E-state index contributed by atoms with van der Waals surface area (Å²) in [6.45, 7) is 0.381. The zero-order chi connectivity index (χ0) is 14.2. The van der Waals surface area contributed by atoms with Crippen molar-refractivity contribution in [3.63, 3.8) is 0 Å². The van der Waals surface area contributed by atoms with Gasteiger partial charge >= 0.3 is 0 Å². The average molecular weight is 284 g/mol. The highest BCUT2D eigenvalue weighted by Gasteiger charge is 2.53. The van der Waals surface area contributed by atoms with E-state index in [0.717, 1.165) is 29.4 Å². The molecular formula is C18H24N2O. The van der Waals surface area contributed by atoms with Gasteiger partial charge < -0.3 is 10.6 Å². The molecule has 0 aliphatic heterocycles. The molecule has 112 valence electrons. The molecule has 21 heavy (non-hydrogen) atoms. The highest BCUT2D eigenvalue weighted by molar-refractivity contribution is 5.81. The Bertz CT molecular complexity index is 515. The van der Waals surface area contributed by atoms with E-state index in [2.05, 4.69) is 10.6 Å². The highest BCUT2D eigenvalue weighted by Crippen LogP contribution is 2.58. The Morgan fingerprint density at radius 3 is 2.71 bits per heavy atom. The van der Waals surface area contributed by atoms with E-state index in [1.165, 1.54) is 32.1 Å². The summed E-state index contributed by atoms with van der Waals surface area (Å²) in [7, 11) is 0. The van der Waals surface area contributed by atoms with Crippen molar-refractivity contribution in [1.82, 2.24) is 5.32 Å². The molecule has 4 rings (SSSR count). The van der Waals surface area contributed by atoms with Crippen LogP contribution < -0.4 is 10.6 Å². The van der Waals surface area contributed by atoms with Gasteiger partial charge in [-0.3, -0.25) is 4.79 Å². The van der Waals surface area contributed by atoms with E-state index in [1.807, 2.05) is 30.3 Å². The Hall–Kier alpha value is -1.51. The molecule has 1 aromatic rings. The van der Waals surface area contributed by atoms with Crippen LogP contribution in [0.25, 0.3) is 0 Å². The molecule has 2 bridgehead atoms. The smallest absolute Gasteiger partial charge is 0.239 e. The normalized spacial score (nSPS) is 36.5. The molecular weight excluding hydrogens is 260 g/mol. The number of nitrogens with one attached hydrogen (secondary N) is 2. The van der Waals surface area contributed by atoms with Gasteiger partial charge in [-0.2, -0.15) is 0 Å². The van der Waals surface area contributed by atoms with Gasteiger partial charge in [-0.15, -0.1) is 0 Å². The topological polar surface area (TPSA) is 41.1 Å². The van der Waals surface area contributed by atoms with Crippen molar-refractivity contribution in [1.29, 1.82) is 0 Å². The second-order valence-corrected chi connectivity index (χ2v) is 7.05. The molecule has 3 aliphatic carbocycles. The van der Waals surface area contributed by atoms with Gasteiger partial charge in [-0.25, -0.2) is 0 Å². The molecule has 3 aliphatic rings. The number of anilines is 1. The number of rotatable bonds is 4. The minimum absolute atomic E-state index is 0.144. The summed E-state index contributed by atoms with van der Waals surface area (Å²) in [4.78, 5) is 12.2. The van der Waals surface area contributed by atoms with Gasteiger partial charge in [0.1, 0.15) is 0 Å². The SMILES string of the molecule is O=C(CNc1ccccc1)NC1CC2CC1C1CCCC21. The minimum Gasteiger partial charge on any atom is -0.376 e. The van der Waals surface area contributed by atoms with Crippen LogP contribution in [0, 0.1) is 23.7 Å². The van der Waals surface area contributed by atoms with Crippen LogP contribution in [-0.2, 0) is 4.79 Å². The monoisotopic (exact) mass is 284 g/mol. The first-order valence-electron chi connectivity index (χ1n) is 8.39. The van der Waals surface area contributed by atoms with Gasteiger partial charge in [0.15, 0.2) is 0 Å². The largest absolute Gasteiger partial charge is 0.376 e. The van der Waals surface area contributed by atoms with E-state index in [4.69, 9.17) is 0 Å². The van der Waals surface area contributed by atoms with Gasteiger partial charge in [0.05, 0.1) is 6.54 Å². The first-order valence-corrected chi connectivity index (χ1v) is 8.39. The van der Waals surface area contributed by atoms with Crippen molar-refractivity contribution >= 4 is 11.6 Å². The average Bonchev–Trinajstić information content (AvgIpc) is 3.18. The third kappa shape index (κ3) is 2.43. The van der Waals surface area contributed by atoms with Crippen molar-refractivity contribution < 1.29 is 4.79 Å². The summed E-state index contributed by atoms with van der Waals surface area (Å²) >= 11 is 0. The van der Waals surface area contributed by atoms with Gasteiger partial charge in [0, 0.05) is 11.7 Å². The third-order valence-electron chi connectivity index (χ3n) is 6.00. The summed E-state index contributed by atoms with van der Waals surface area (Å²) in [6.07, 6.45) is 6.86. The number of fused-ring (bicyclic) bond motifs is 5. The van der Waals surface area contributed by atoms with E-state index in [-0.39, 0.29) is 5.91 Å². The van der Waals surface area contributed by atoms with Crippen molar-refractivity contribution in [2.24, 2.45) is 23.7 Å². The predicted molar refractivity (Wildman–Crippen MR) is 83.9 cm³/mol. The molecule has 5 atom stereocenters. The lowest BCUT2D eigenvalue weighted by molar-refractivity contribution is -0.120. The molecule has 0 saturated heterocycles. The van der Waals surface area contributed by atoms with Gasteiger partial charge in [-0.05, 0) is 61.5 Å². The Kier molecular flexibility index (Phi) is 3.36. The maximum Gasteiger partial charge on any atom is 0.239 e. The third-order valence-corrected chi connectivity index (χ3v) is 6.00. The van der Waals surface area contributed by atoms with Crippen molar-refractivity contribution in [3.8, 4) is 0 Å². The summed E-state index contributed by atoms with van der Waals surface area (Å²) in [6, 6.07) is 10.4. The van der Waals surface area contributed by atoms with Crippen LogP contribution in [0.1, 0.15) is 32.1 Å². The molecule has 1 aromatic carbocycles. The maximum atomic E-state index is 12.2. The summed E-state index contributed by atoms with van der Waals surface area (Å²) < 4.78 is 0. The molecule has 5 unspecified atom stereocenters. The lowest BCUT2D eigenvalue weighted by Gasteiger charge is -2.32. The number of hydrogen-bond acceptors (Lipinski definition) is 2. The van der Waals surface area contributed by atoms with Crippen LogP contribution in [-0.4, -0.2) is 18.5 Å². The van der Waals surface area contributed by atoms with E-state index >= 15 is 0 Å². The zero-order valence-corrected chi connectivity index (χ0v) is 12.4. The molecule has 3 nitrogen and oxygen atoms in total. The molecule has 0 aromatic heterocycles. The lowest BCUT2D eigenvalue weighted by atomic mass is 9.79. The van der Waals surface area contributed by atoms with Crippen LogP contribution in [0.4, 0.5) is 5.69 Å². The van der Waals surface area contributed by atoms with E-state index in [1.54, 1.807) is 0 Å². The van der Waals surface area contributed by atoms with E-state index in [0.29, 0.717) is 12.6 Å². The predicted octanol–water partition coefficient (Wildman–Crippen LogP) is 3.04. The first-order chi connectivity index (χ1) is 10.3. The standard InChI is InChI=1S/C18H24N2O/c21-18(11-19-13-5-2-1-3-6-13)20-17-10-12-9-16(17)15-8-4-7-14(12)15/h1-3,5-6,12,14-17,19H,4,7-11H2,(H,20,21). The molecule has 3 saturated carbocycles. The quantitative estimate of drug-likeness (QED) is 0.892. The number of benzene rings is 1. The second kappa shape index (κ2) is 5.36. The van der Waals surface area contributed by atoms with E-state index in [9.17, 15) is 4.79 Å². The number of carbonyl (C=O) groups is 1. The van der Waals surface area contributed by atoms with Gasteiger partial charge in [-0.1, -0.05) is 24.6 Å². The molecule has 1 amide bonds. The number of para-hydroxylation sites is 1. The fourth-order valence-electron chi connectivity index (χ4n) is 5.23. The molecule has 3 fully saturated rings. The summed E-state index contributed by atoms with van der Waals surface area (Å²) in [5, 5.41) is 6.49. The zero-order valence-electron chi connectivity index (χ0n) is 12.4. The van der Waals surface area contributed by atoms with Crippen molar-refractivity contribution in [3.05, 3.63) is 30.3 Å². The molecule has 0 radical (unpaired) electrons. The number of carbonyl (C=O) groups excluding carboxylic acids is 1. The maximum absolute atomic E-state index is 12.2. The van der Waals surface area contributed by atoms with Crippen LogP contribution in [0.5, 0.6) is 0 Å². The van der Waals surface area contributed by atoms with Gasteiger partial charge in [0.25, 0.3) is 0 Å². The second-order valence-electron chi connectivity index (χ2n) is 7.05. The van der Waals surface area contributed by atoms with E-state index < -0.39 is 0 Å². The summed E-state index contributed by atoms with van der Waals surface area (Å²) in [5.74, 6) is 3.71. The first kappa shape index (κ1) is 13.2. The number of amides is 1. The van der Waals surface area contributed by atoms with Gasteiger partial charge in [0.2, 0.25) is 5.91 Å². The fraction of sp³-hybridized carbons (Fsp3) is 0.611. The minimum atomic E-state index is 0.144. The van der Waals surface area contributed by atoms with Crippen LogP contribution in [0.3, 0.4) is 0 Å². The van der Waals surface area contributed by atoms with Crippen molar-refractivity contribution in [2.75, 3.05) is 11.9 Å². The Balaban J connectivity index is 1.30. The number of hydrogen-bond donors (Lipinski definition) is 2. The molecule has 0 heterocycles. The highest BCUT2D eigenvalue weighted by atomic mass is 16.2. The lowest BCUT2D eigenvalue weighted by Crippen LogP contribution is -2.44. The fourth-order valence-corrected chi connectivity index (χ4v) is 5.23. The Morgan fingerprint density at radius 2 is 1.86 bits per heavy atom. The molecule has 0 spiro atoms.